The van der Waals surface area contributed by atoms with Crippen molar-refractivity contribution in [3.63, 3.8) is 0 Å². The normalized spacial score (nSPS) is 11.7. The summed E-state index contributed by atoms with van der Waals surface area (Å²) in [6, 6.07) is 0. The van der Waals surface area contributed by atoms with Crippen molar-refractivity contribution < 1.29 is 9.84 Å². The Morgan fingerprint density at radius 2 is 2.00 bits per heavy atom. The molecule has 3 heteroatoms. The van der Waals surface area contributed by atoms with Crippen molar-refractivity contribution in [1.29, 1.82) is 0 Å². The van der Waals surface area contributed by atoms with Crippen LogP contribution in [0.5, 0.6) is 10.8 Å². The molecule has 0 bridgehead atoms. The van der Waals surface area contributed by atoms with Crippen molar-refractivity contribution in [1.82, 2.24) is 0 Å². The van der Waals surface area contributed by atoms with Crippen LogP contribution < -0.4 is 4.74 Å². The number of hydrogen-bond acceptors (Lipinski definition) is 3. The van der Waals surface area contributed by atoms with Gasteiger partial charge in [0.25, 0.3) is 0 Å². The Balaban J connectivity index is 3.16. The van der Waals surface area contributed by atoms with E-state index >= 15 is 0 Å². The second-order valence-corrected chi connectivity index (χ2v) is 4.60. The smallest absolute Gasteiger partial charge is 0.214 e. The summed E-state index contributed by atoms with van der Waals surface area (Å²) in [7, 11) is 1.58. The summed E-state index contributed by atoms with van der Waals surface area (Å²) >= 11 is 1.31. The van der Waals surface area contributed by atoms with Gasteiger partial charge in [-0.05, 0) is 5.41 Å². The zero-order valence-electron chi connectivity index (χ0n) is 7.84. The van der Waals surface area contributed by atoms with Crippen LogP contribution in [0.1, 0.15) is 26.3 Å². The van der Waals surface area contributed by atoms with E-state index in [1.165, 1.54) is 11.3 Å². The predicted octanol–water partition coefficient (Wildman–Crippen LogP) is 2.76. The monoisotopic (exact) mass is 186 g/mol. The van der Waals surface area contributed by atoms with E-state index in [9.17, 15) is 5.11 Å². The minimum Gasteiger partial charge on any atom is -0.497 e. The molecule has 0 saturated heterocycles. The van der Waals surface area contributed by atoms with Crippen molar-refractivity contribution in [3.05, 3.63) is 10.9 Å². The largest absolute Gasteiger partial charge is 0.497 e. The fourth-order valence-corrected chi connectivity index (χ4v) is 2.04. The first-order chi connectivity index (χ1) is 5.46. The van der Waals surface area contributed by atoms with E-state index in [1.807, 2.05) is 5.38 Å². The van der Waals surface area contributed by atoms with E-state index in [0.717, 1.165) is 5.56 Å². The Labute approximate surface area is 76.8 Å². The topological polar surface area (TPSA) is 29.5 Å². The molecule has 68 valence electrons. The first-order valence-electron chi connectivity index (χ1n) is 3.81. The van der Waals surface area contributed by atoms with Gasteiger partial charge in [0.2, 0.25) is 5.06 Å². The lowest BCUT2D eigenvalue weighted by Crippen LogP contribution is -2.10. The van der Waals surface area contributed by atoms with Crippen LogP contribution in [0.25, 0.3) is 0 Å². The van der Waals surface area contributed by atoms with Gasteiger partial charge in [-0.25, -0.2) is 0 Å². The van der Waals surface area contributed by atoms with Crippen LogP contribution in [0.3, 0.4) is 0 Å². The fourth-order valence-electron chi connectivity index (χ4n) is 1.05. The van der Waals surface area contributed by atoms with Gasteiger partial charge in [0, 0.05) is 10.9 Å². The summed E-state index contributed by atoms with van der Waals surface area (Å²) in [6.45, 7) is 6.28. The molecule has 1 rings (SSSR count). The lowest BCUT2D eigenvalue weighted by atomic mass is 9.89. The van der Waals surface area contributed by atoms with E-state index < -0.39 is 0 Å². The number of ether oxygens (including phenoxy) is 1. The average molecular weight is 186 g/mol. The van der Waals surface area contributed by atoms with Crippen LogP contribution in [0, 0.1) is 0 Å². The average Bonchev–Trinajstić information content (AvgIpc) is 2.29. The van der Waals surface area contributed by atoms with E-state index in [1.54, 1.807) is 7.11 Å². The van der Waals surface area contributed by atoms with Crippen molar-refractivity contribution in [2.24, 2.45) is 0 Å². The van der Waals surface area contributed by atoms with Crippen molar-refractivity contribution >= 4 is 11.3 Å². The van der Waals surface area contributed by atoms with Crippen molar-refractivity contribution in [2.45, 2.75) is 26.2 Å². The van der Waals surface area contributed by atoms with Gasteiger partial charge in [0.15, 0.2) is 5.75 Å². The molecule has 1 aromatic heterocycles. The highest BCUT2D eigenvalue weighted by Gasteiger charge is 2.22. The first kappa shape index (κ1) is 9.39. The Bertz CT molecular complexity index is 271. The molecule has 0 aromatic carbocycles. The molecule has 0 radical (unpaired) electrons. The van der Waals surface area contributed by atoms with Crippen LogP contribution in [-0.4, -0.2) is 12.2 Å². The Kier molecular flexibility index (Phi) is 2.33. The molecule has 0 fully saturated rings. The summed E-state index contributed by atoms with van der Waals surface area (Å²) < 4.78 is 5.10. The number of aromatic hydroxyl groups is 1. The zero-order valence-corrected chi connectivity index (χ0v) is 8.66. The van der Waals surface area contributed by atoms with Crippen molar-refractivity contribution in [3.8, 4) is 10.8 Å². The van der Waals surface area contributed by atoms with Crippen LogP contribution in [0.4, 0.5) is 0 Å². The number of rotatable bonds is 1. The lowest BCUT2D eigenvalue weighted by molar-refractivity contribution is 0.369. The molecule has 0 atom stereocenters. The molecular formula is C9H14O2S. The summed E-state index contributed by atoms with van der Waals surface area (Å²) in [6.07, 6.45) is 0. The molecule has 1 N–H and O–H groups in total. The van der Waals surface area contributed by atoms with Gasteiger partial charge in [-0.3, -0.25) is 0 Å². The van der Waals surface area contributed by atoms with Gasteiger partial charge in [0.1, 0.15) is 0 Å². The standard InChI is InChI=1S/C9H14O2S/c1-9(2,3)6-5-12-8(10)7(6)11-4/h5,10H,1-4H3. The maximum atomic E-state index is 9.39. The number of thiophene rings is 1. The molecule has 0 spiro atoms. The molecule has 0 aliphatic rings. The summed E-state index contributed by atoms with van der Waals surface area (Å²) in [4.78, 5) is 0. The summed E-state index contributed by atoms with van der Waals surface area (Å²) in [5, 5.41) is 11.6. The van der Waals surface area contributed by atoms with Crippen LogP contribution in [0.15, 0.2) is 5.38 Å². The molecule has 2 nitrogen and oxygen atoms in total. The van der Waals surface area contributed by atoms with Gasteiger partial charge in [-0.15, -0.1) is 11.3 Å². The third-order valence-electron chi connectivity index (χ3n) is 1.74. The van der Waals surface area contributed by atoms with Gasteiger partial charge in [0.05, 0.1) is 7.11 Å². The summed E-state index contributed by atoms with van der Waals surface area (Å²) in [5.74, 6) is 0.618. The molecule has 0 aliphatic heterocycles. The van der Waals surface area contributed by atoms with E-state index in [2.05, 4.69) is 20.8 Å². The molecule has 0 unspecified atom stereocenters. The molecule has 0 saturated carbocycles. The predicted molar refractivity (Wildman–Crippen MR) is 51.2 cm³/mol. The molecule has 1 aromatic rings. The molecule has 0 aliphatic carbocycles. The molecule has 0 amide bonds. The second kappa shape index (κ2) is 2.98. The Morgan fingerprint density at radius 3 is 2.33 bits per heavy atom. The summed E-state index contributed by atoms with van der Waals surface area (Å²) in [5.41, 5.74) is 1.09. The second-order valence-electron chi connectivity index (χ2n) is 3.74. The lowest BCUT2D eigenvalue weighted by Gasteiger charge is -2.18. The third kappa shape index (κ3) is 1.55. The molecule has 12 heavy (non-hydrogen) atoms. The Hall–Kier alpha value is -0.700. The van der Waals surface area contributed by atoms with Crippen LogP contribution in [-0.2, 0) is 5.41 Å². The van der Waals surface area contributed by atoms with Crippen LogP contribution >= 0.6 is 11.3 Å². The zero-order chi connectivity index (χ0) is 9.35. The fraction of sp³-hybridized carbons (Fsp3) is 0.556. The SMILES string of the molecule is COc1c(C(C)(C)C)csc1O. The van der Waals surface area contributed by atoms with E-state index in [4.69, 9.17) is 4.74 Å². The minimum absolute atomic E-state index is 0.0306. The number of methoxy groups -OCH3 is 1. The Morgan fingerprint density at radius 1 is 1.42 bits per heavy atom. The maximum Gasteiger partial charge on any atom is 0.214 e. The van der Waals surface area contributed by atoms with Gasteiger partial charge < -0.3 is 9.84 Å². The molecular weight excluding hydrogens is 172 g/mol. The maximum absolute atomic E-state index is 9.39. The third-order valence-corrected chi connectivity index (χ3v) is 2.50. The highest BCUT2D eigenvalue weighted by Crippen LogP contribution is 2.42. The minimum atomic E-state index is 0.0306. The molecule has 1 heterocycles. The van der Waals surface area contributed by atoms with Crippen molar-refractivity contribution in [2.75, 3.05) is 7.11 Å². The van der Waals surface area contributed by atoms with Gasteiger partial charge in [-0.2, -0.15) is 0 Å². The van der Waals surface area contributed by atoms with Crippen LogP contribution in [0.2, 0.25) is 0 Å². The number of hydrogen-bond donors (Lipinski definition) is 1. The van der Waals surface area contributed by atoms with Gasteiger partial charge >= 0.3 is 0 Å². The van der Waals surface area contributed by atoms with Gasteiger partial charge in [-0.1, -0.05) is 20.8 Å². The van der Waals surface area contributed by atoms with E-state index in [-0.39, 0.29) is 10.5 Å². The highest BCUT2D eigenvalue weighted by molar-refractivity contribution is 7.12. The quantitative estimate of drug-likeness (QED) is 0.730. The first-order valence-corrected chi connectivity index (χ1v) is 4.69. The highest BCUT2D eigenvalue weighted by atomic mass is 32.1. The van der Waals surface area contributed by atoms with E-state index in [0.29, 0.717) is 5.75 Å².